The molecule has 0 unspecified atom stereocenters. The van der Waals surface area contributed by atoms with Crippen LogP contribution in [0.25, 0.3) is 0 Å². The molecule has 0 radical (unpaired) electrons. The molecule has 1 aliphatic rings. The van der Waals surface area contributed by atoms with E-state index >= 15 is 0 Å². The van der Waals surface area contributed by atoms with Gasteiger partial charge in [-0.05, 0) is 34.9 Å². The van der Waals surface area contributed by atoms with Crippen LogP contribution in [0.5, 0.6) is 11.5 Å². The van der Waals surface area contributed by atoms with Crippen LogP contribution in [-0.2, 0) is 24.1 Å². The van der Waals surface area contributed by atoms with Gasteiger partial charge in [-0.15, -0.1) is 0 Å². The lowest BCUT2D eigenvalue weighted by molar-refractivity contribution is -0.117. The number of ether oxygens (including phenoxy) is 2. The molecule has 114 valence electrons. The van der Waals surface area contributed by atoms with Gasteiger partial charge < -0.3 is 15.2 Å². The maximum Gasteiger partial charge on any atom is 0.221 e. The van der Waals surface area contributed by atoms with E-state index in [1.165, 1.54) is 11.1 Å². The van der Waals surface area contributed by atoms with E-state index in [0.717, 1.165) is 36.5 Å². The number of rotatable bonds is 6. The first-order valence-corrected chi connectivity index (χ1v) is 7.45. The molecule has 2 aromatic carbocycles. The molecule has 1 amide bonds. The minimum atomic E-state index is -0.336. The number of carbonyl (C=O) groups excluding carboxylic acids is 1. The Hall–Kier alpha value is -2.49. The second-order valence-corrected chi connectivity index (χ2v) is 5.43. The van der Waals surface area contributed by atoms with Crippen LogP contribution in [0.2, 0.25) is 0 Å². The van der Waals surface area contributed by atoms with E-state index in [1.807, 2.05) is 30.3 Å². The van der Waals surface area contributed by atoms with Crippen LogP contribution < -0.4 is 15.2 Å². The van der Waals surface area contributed by atoms with Gasteiger partial charge in [0.05, 0.1) is 19.6 Å². The third kappa shape index (κ3) is 3.58. The smallest absolute Gasteiger partial charge is 0.221 e. The number of hydrogen-bond donors (Lipinski definition) is 1. The molecule has 2 aromatic rings. The Balaban J connectivity index is 1.55. The van der Waals surface area contributed by atoms with Crippen LogP contribution >= 0.6 is 0 Å². The Morgan fingerprint density at radius 1 is 1.18 bits per heavy atom. The van der Waals surface area contributed by atoms with Crippen molar-refractivity contribution >= 4 is 5.91 Å². The summed E-state index contributed by atoms with van der Waals surface area (Å²) in [5, 5.41) is 0. The molecule has 0 aliphatic carbocycles. The summed E-state index contributed by atoms with van der Waals surface area (Å²) in [5.41, 5.74) is 8.61. The van der Waals surface area contributed by atoms with Crippen LogP contribution in [-0.4, -0.2) is 19.1 Å². The average Bonchev–Trinajstić information content (AvgIpc) is 2.94. The molecule has 2 N–H and O–H groups in total. The molecule has 22 heavy (non-hydrogen) atoms. The molecular formula is C18H19NO3. The molecule has 1 heterocycles. The molecule has 0 atom stereocenters. The minimum Gasteiger partial charge on any atom is -0.493 e. The summed E-state index contributed by atoms with van der Waals surface area (Å²) in [6, 6.07) is 13.8. The zero-order valence-corrected chi connectivity index (χ0v) is 12.4. The zero-order valence-electron chi connectivity index (χ0n) is 12.4. The number of amides is 1. The van der Waals surface area contributed by atoms with Gasteiger partial charge in [0.15, 0.2) is 0 Å². The highest BCUT2D eigenvalue weighted by Crippen LogP contribution is 2.26. The predicted molar refractivity (Wildman–Crippen MR) is 84.2 cm³/mol. The van der Waals surface area contributed by atoms with Crippen molar-refractivity contribution in [3.05, 3.63) is 59.2 Å². The molecule has 0 saturated carbocycles. The molecular weight excluding hydrogens is 278 g/mol. The Morgan fingerprint density at radius 2 is 2.09 bits per heavy atom. The normalized spacial score (nSPS) is 12.5. The van der Waals surface area contributed by atoms with Crippen molar-refractivity contribution in [3.63, 3.8) is 0 Å². The minimum absolute atomic E-state index is 0.238. The lowest BCUT2D eigenvalue weighted by atomic mass is 10.1. The molecule has 0 bridgehead atoms. The van der Waals surface area contributed by atoms with Crippen LogP contribution in [0, 0.1) is 0 Å². The van der Waals surface area contributed by atoms with Gasteiger partial charge in [-0.1, -0.05) is 24.3 Å². The molecule has 4 heteroatoms. The molecule has 0 aromatic heterocycles. The quantitative estimate of drug-likeness (QED) is 0.889. The van der Waals surface area contributed by atoms with E-state index < -0.39 is 0 Å². The van der Waals surface area contributed by atoms with Crippen molar-refractivity contribution in [2.24, 2.45) is 5.73 Å². The summed E-state index contributed by atoms with van der Waals surface area (Å²) in [6.45, 7) is 1.38. The van der Waals surface area contributed by atoms with Crippen LogP contribution in [0.4, 0.5) is 0 Å². The maximum absolute atomic E-state index is 10.9. The van der Waals surface area contributed by atoms with Gasteiger partial charge in [-0.3, -0.25) is 4.79 Å². The van der Waals surface area contributed by atoms with Gasteiger partial charge in [0.1, 0.15) is 11.5 Å². The van der Waals surface area contributed by atoms with E-state index in [2.05, 4.69) is 12.1 Å². The van der Waals surface area contributed by atoms with Gasteiger partial charge in [-0.2, -0.15) is 0 Å². The first kappa shape index (κ1) is 14.4. The average molecular weight is 297 g/mol. The van der Waals surface area contributed by atoms with E-state index in [0.29, 0.717) is 6.61 Å². The Kier molecular flexibility index (Phi) is 4.28. The summed E-state index contributed by atoms with van der Waals surface area (Å²) in [7, 11) is 0. The fourth-order valence-electron chi connectivity index (χ4n) is 2.63. The highest BCUT2D eigenvalue weighted by molar-refractivity contribution is 5.76. The Morgan fingerprint density at radius 3 is 2.95 bits per heavy atom. The number of benzene rings is 2. The summed E-state index contributed by atoms with van der Waals surface area (Å²) >= 11 is 0. The van der Waals surface area contributed by atoms with Crippen molar-refractivity contribution < 1.29 is 14.3 Å². The Bertz CT molecular complexity index is 682. The first-order valence-electron chi connectivity index (χ1n) is 7.45. The van der Waals surface area contributed by atoms with Crippen molar-refractivity contribution in [1.29, 1.82) is 0 Å². The summed E-state index contributed by atoms with van der Waals surface area (Å²) in [5.74, 6) is 1.43. The molecule has 1 aliphatic heterocycles. The van der Waals surface area contributed by atoms with Gasteiger partial charge in [-0.25, -0.2) is 0 Å². The molecule has 0 spiro atoms. The van der Waals surface area contributed by atoms with Gasteiger partial charge in [0.2, 0.25) is 5.91 Å². The number of carbonyl (C=O) groups is 1. The van der Waals surface area contributed by atoms with E-state index in [4.69, 9.17) is 15.2 Å². The lowest BCUT2D eigenvalue weighted by Crippen LogP contribution is -2.13. The van der Waals surface area contributed by atoms with Crippen molar-refractivity contribution in [2.75, 3.05) is 13.2 Å². The van der Waals surface area contributed by atoms with Crippen LogP contribution in [0.3, 0.4) is 0 Å². The standard InChI is InChI=1S/C18H19NO3/c19-18(20)12-14-2-1-3-16(11-14)21-8-6-13-4-5-17-15(10-13)7-9-22-17/h1-5,10-11H,6-9,12H2,(H2,19,20). The van der Waals surface area contributed by atoms with Gasteiger partial charge in [0.25, 0.3) is 0 Å². The fourth-order valence-corrected chi connectivity index (χ4v) is 2.63. The van der Waals surface area contributed by atoms with Crippen molar-refractivity contribution in [1.82, 2.24) is 0 Å². The highest BCUT2D eigenvalue weighted by atomic mass is 16.5. The molecule has 0 saturated heterocycles. The summed E-state index contributed by atoms with van der Waals surface area (Å²) in [6.07, 6.45) is 2.06. The third-order valence-electron chi connectivity index (χ3n) is 3.69. The number of primary amides is 1. The second-order valence-electron chi connectivity index (χ2n) is 5.43. The molecule has 4 nitrogen and oxygen atoms in total. The van der Waals surface area contributed by atoms with Crippen molar-refractivity contribution in [3.8, 4) is 11.5 Å². The number of hydrogen-bond acceptors (Lipinski definition) is 3. The molecule has 3 rings (SSSR count). The van der Waals surface area contributed by atoms with E-state index in [1.54, 1.807) is 0 Å². The largest absolute Gasteiger partial charge is 0.493 e. The number of fused-ring (bicyclic) bond motifs is 1. The molecule has 0 fully saturated rings. The second kappa shape index (κ2) is 6.52. The van der Waals surface area contributed by atoms with Gasteiger partial charge in [0, 0.05) is 12.8 Å². The van der Waals surface area contributed by atoms with Gasteiger partial charge >= 0.3 is 0 Å². The highest BCUT2D eigenvalue weighted by Gasteiger charge is 2.11. The monoisotopic (exact) mass is 297 g/mol. The number of nitrogens with two attached hydrogens (primary N) is 1. The predicted octanol–water partition coefficient (Wildman–Crippen LogP) is 2.27. The topological polar surface area (TPSA) is 61.6 Å². The summed E-state index contributed by atoms with van der Waals surface area (Å²) in [4.78, 5) is 10.9. The van der Waals surface area contributed by atoms with Crippen LogP contribution in [0.15, 0.2) is 42.5 Å². The third-order valence-corrected chi connectivity index (χ3v) is 3.69. The van der Waals surface area contributed by atoms with E-state index in [-0.39, 0.29) is 12.3 Å². The Labute approximate surface area is 129 Å². The van der Waals surface area contributed by atoms with Crippen LogP contribution in [0.1, 0.15) is 16.7 Å². The van der Waals surface area contributed by atoms with Crippen molar-refractivity contribution in [2.45, 2.75) is 19.3 Å². The maximum atomic E-state index is 10.9. The summed E-state index contributed by atoms with van der Waals surface area (Å²) < 4.78 is 11.3. The lowest BCUT2D eigenvalue weighted by Gasteiger charge is -2.08. The van der Waals surface area contributed by atoms with E-state index in [9.17, 15) is 4.79 Å². The zero-order chi connectivity index (χ0) is 15.4. The fraction of sp³-hybridized carbons (Fsp3) is 0.278. The first-order chi connectivity index (χ1) is 10.7. The SMILES string of the molecule is NC(=O)Cc1cccc(OCCc2ccc3c(c2)CCO3)c1.